The average Bonchev–Trinajstić information content (AvgIpc) is 1.12. The van der Waals surface area contributed by atoms with Crippen molar-refractivity contribution in [1.82, 2.24) is 9.97 Å². The number of phenolic OH excluding ortho intramolecular Hbond substituents is 2. The van der Waals surface area contributed by atoms with E-state index in [0.717, 1.165) is 68.3 Å². The first-order chi connectivity index (χ1) is 39.7. The summed E-state index contributed by atoms with van der Waals surface area (Å²) in [4.78, 5) is 84.4. The van der Waals surface area contributed by atoms with Crippen molar-refractivity contribution in [2.75, 3.05) is 13.1 Å². The number of aryl methyl sites for hydroxylation is 2. The number of Topliss-reactive ketones (excluding diaryl/α,β-unsaturated/α-hetero) is 1. The summed E-state index contributed by atoms with van der Waals surface area (Å²) >= 11 is 5.57. The summed E-state index contributed by atoms with van der Waals surface area (Å²) in [5, 5.41) is 50.3. The first kappa shape index (κ1) is 70.1. The summed E-state index contributed by atoms with van der Waals surface area (Å²) < 4.78 is 9.35. The molecule has 0 radical (unpaired) electrons. The van der Waals surface area contributed by atoms with Gasteiger partial charge in [-0.05, 0) is 166 Å². The van der Waals surface area contributed by atoms with Gasteiger partial charge < -0.3 is 30.4 Å². The van der Waals surface area contributed by atoms with E-state index in [1.54, 1.807) is 45.9 Å². The summed E-state index contributed by atoms with van der Waals surface area (Å²) in [5.74, 6) is -3.07. The third kappa shape index (κ3) is 13.8. The van der Waals surface area contributed by atoms with Gasteiger partial charge in [-0.3, -0.25) is 29.2 Å². The molecule has 2 aromatic heterocycles. The molecule has 5 aromatic rings. The normalized spacial score (nSPS) is 20.3. The number of aliphatic imine (C=N–C) groups is 2. The zero-order chi connectivity index (χ0) is 63.3. The monoisotopic (exact) mass is 1550 g/mol. The molecule has 0 fully saturated rings. The van der Waals surface area contributed by atoms with Crippen LogP contribution in [0.3, 0.4) is 0 Å². The number of nitrogens with zero attached hydrogens (tertiary/aromatic N) is 2. The molecule has 5 aliphatic rings. The van der Waals surface area contributed by atoms with E-state index in [4.69, 9.17) is 19.9 Å². The van der Waals surface area contributed by atoms with Crippen LogP contribution in [-0.2, 0) is 36.3 Å². The Morgan fingerprint density at radius 2 is 1.00 bits per heavy atom. The number of nitrogens with one attached hydrogen (secondary N) is 2. The van der Waals surface area contributed by atoms with Crippen LogP contribution in [0.4, 0.5) is 3.41 Å². The van der Waals surface area contributed by atoms with Gasteiger partial charge in [-0.15, -0.1) is 0 Å². The number of aromatic amines is 2. The third-order valence-electron chi connectivity index (χ3n) is 16.9. The molecule has 0 saturated heterocycles. The number of aromatic hydroxyl groups is 2. The van der Waals surface area contributed by atoms with Crippen molar-refractivity contribution >= 4 is 116 Å². The number of H-pyrrole nitrogens is 2. The minimum atomic E-state index is -2.47. The second kappa shape index (κ2) is 27.4. The Hall–Kier alpha value is -4.98. The van der Waals surface area contributed by atoms with Gasteiger partial charge >= 0.3 is 67.6 Å². The van der Waals surface area contributed by atoms with E-state index in [1.807, 2.05) is 129 Å². The van der Waals surface area contributed by atoms with Gasteiger partial charge in [-0.2, -0.15) is 0 Å². The van der Waals surface area contributed by atoms with Gasteiger partial charge in [-0.1, -0.05) is 87.1 Å². The molecule has 3 aromatic carbocycles. The predicted molar refractivity (Wildman–Crippen MR) is 367 cm³/mol. The second-order valence-corrected chi connectivity index (χ2v) is 64.4. The van der Waals surface area contributed by atoms with E-state index in [-0.39, 0.29) is 71.3 Å². The number of phenols is 2. The van der Waals surface area contributed by atoms with Crippen molar-refractivity contribution in [3.8, 4) is 11.5 Å². The van der Waals surface area contributed by atoms with E-state index in [9.17, 15) is 43.0 Å². The van der Waals surface area contributed by atoms with E-state index in [1.165, 1.54) is 18.2 Å². The molecule has 4 unspecified atom stereocenters. The van der Waals surface area contributed by atoms with Crippen LogP contribution in [0.15, 0.2) is 122 Å². The number of benzene rings is 3. The summed E-state index contributed by atoms with van der Waals surface area (Å²) in [7, 11) is 0. The van der Waals surface area contributed by atoms with Gasteiger partial charge in [0.05, 0.1) is 34.6 Å². The molecule has 10 rings (SSSR count). The number of aromatic nitrogens is 2. The van der Waals surface area contributed by atoms with Crippen molar-refractivity contribution in [2.24, 2.45) is 33.7 Å². The topological polar surface area (TPSA) is 240 Å². The van der Waals surface area contributed by atoms with Gasteiger partial charge in [0.25, 0.3) is 0 Å². The maximum absolute atomic E-state index is 14.1. The summed E-state index contributed by atoms with van der Waals surface area (Å²) in [6.07, 6.45) is 9.11. The number of hydrogen-bond acceptors (Lipinski definition) is 12. The van der Waals surface area contributed by atoms with Crippen LogP contribution in [0.1, 0.15) is 146 Å². The zero-order valence-electron chi connectivity index (χ0n) is 50.3. The fourth-order valence-corrected chi connectivity index (χ4v) is 12.3. The standard InChI is InChI=1S/C33H38N2O4.C33H36N2O4.CH4.FH.3HI.O2.V/c2*1-16(2)23-14-26(36)20(7)28(32(23)38)29(33(39)15-24(17(3)4)27(37)13-19(33)6)31-30-22(10-11-34-31)21-9-8-18(5)12-25(21)35-30;;;;;;1-2;/h8-9,12-17,29,35-36,38-39H,10-11H2,1-7H3;8-9,12-17,29,35,39H,10-11H2,1-7H3;1H4;4*1H;;/q;;;;;;;;+4/p-4. The number of carbonyl (C=O) groups excluding carboxylic acids is 4. The average molecular weight is 1550 g/mol. The van der Waals surface area contributed by atoms with Crippen molar-refractivity contribution in [1.29, 1.82) is 0 Å². The van der Waals surface area contributed by atoms with Crippen LogP contribution in [0.2, 0.25) is 0 Å². The number of aliphatic hydroxyl groups is 2. The summed E-state index contributed by atoms with van der Waals surface area (Å²) in [6.45, 7) is 27.3. The number of hydrogen-bond donors (Lipinski definition) is 6. The summed E-state index contributed by atoms with van der Waals surface area (Å²) in [5.41, 5.74) is 10.0. The fourth-order valence-electron chi connectivity index (χ4n) is 12.3. The molecule has 4 atom stereocenters. The van der Waals surface area contributed by atoms with Crippen molar-refractivity contribution in [3.05, 3.63) is 172 Å². The van der Waals surface area contributed by atoms with Crippen molar-refractivity contribution in [3.63, 3.8) is 0 Å². The first-order valence-corrected chi connectivity index (χ1v) is 42.3. The Morgan fingerprint density at radius 1 is 0.593 bits per heavy atom. The van der Waals surface area contributed by atoms with Crippen molar-refractivity contribution < 1.29 is 47.3 Å². The van der Waals surface area contributed by atoms with E-state index >= 15 is 0 Å². The Labute approximate surface area is 539 Å². The van der Waals surface area contributed by atoms with E-state index in [0.29, 0.717) is 74.6 Å². The molecule has 4 heterocycles. The molecule has 0 bridgehead atoms. The molecule has 459 valence electrons. The summed E-state index contributed by atoms with van der Waals surface area (Å²) in [6, 6.07) is 14.1. The van der Waals surface area contributed by atoms with E-state index in [2.05, 4.69) is 46.4 Å². The van der Waals surface area contributed by atoms with Crippen LogP contribution in [0.5, 0.6) is 11.5 Å². The molecule has 19 heteroatoms. The van der Waals surface area contributed by atoms with Gasteiger partial charge in [0.15, 0.2) is 23.1 Å². The molecule has 86 heavy (non-hydrogen) atoms. The molecular formula is C67H78FI3N4O10V. The number of ketones is 4. The SMILES string of the molecule is C.CC1=CC(=O)C(C(C)C)=CC1(O)C(C1=NCCc2c1[nH]c1cc(C)ccc21)C1=C(C)C(=O)C=C(C(C)C)C1=O.CC1=CC(=O)C(C(C)C)=CC1(O)C(C1=NCCc2c1[nH]c1cc(C)ccc21)c1c(C)c(O)cc(C(C)C)c1O.O=O.[F][V]([I])([I])[I]. The third-order valence-corrected chi connectivity index (χ3v) is 16.9. The van der Waals surface area contributed by atoms with Crippen LogP contribution in [0, 0.1) is 54.4 Å². The van der Waals surface area contributed by atoms with Gasteiger partial charge in [-0.25, -0.2) is 0 Å². The van der Waals surface area contributed by atoms with Crippen LogP contribution < -0.4 is 0 Å². The molecular weight excluding hydrogens is 1470 g/mol. The van der Waals surface area contributed by atoms with Crippen LogP contribution in [-0.4, -0.2) is 89.2 Å². The first-order valence-electron chi connectivity index (χ1n) is 28.3. The van der Waals surface area contributed by atoms with Crippen LogP contribution in [0.25, 0.3) is 21.8 Å². The van der Waals surface area contributed by atoms with Crippen LogP contribution >= 0.6 is 59.9 Å². The predicted octanol–water partition coefficient (Wildman–Crippen LogP) is 15.4. The number of allylic oxidation sites excluding steroid dienone is 7. The minimum absolute atomic E-state index is 0. The molecule has 14 nitrogen and oxygen atoms in total. The Balaban J connectivity index is 0.000000246. The van der Waals surface area contributed by atoms with Gasteiger partial charge in [0.2, 0.25) is 0 Å². The maximum atomic E-state index is 14.1. The molecule has 0 saturated carbocycles. The van der Waals surface area contributed by atoms with E-state index < -0.39 is 27.3 Å². The molecule has 0 amide bonds. The van der Waals surface area contributed by atoms with Crippen molar-refractivity contribution in [2.45, 2.75) is 140 Å². The fraction of sp³-hybridized carbons (Fsp3) is 0.403. The van der Waals surface area contributed by atoms with Gasteiger partial charge in [0, 0.05) is 83.8 Å². The van der Waals surface area contributed by atoms with Gasteiger partial charge in [0.1, 0.15) is 22.7 Å². The number of halogens is 4. The Morgan fingerprint density at radius 3 is 1.41 bits per heavy atom. The number of carbonyl (C=O) groups is 4. The molecule has 2 aliphatic heterocycles. The Kier molecular flexibility index (Phi) is 22.3. The molecule has 0 spiro atoms. The molecule has 3 aliphatic carbocycles. The number of rotatable bonds is 10. The number of fused-ring (bicyclic) bond motifs is 6. The second-order valence-electron chi connectivity index (χ2n) is 23.9. The quantitative estimate of drug-likeness (QED) is 0.0439. The zero-order valence-corrected chi connectivity index (χ0v) is 58.2. The Bertz CT molecular complexity index is 3840. The molecule has 6 N–H and O–H groups in total.